The van der Waals surface area contributed by atoms with Gasteiger partial charge in [-0.2, -0.15) is 0 Å². The van der Waals surface area contributed by atoms with Crippen molar-refractivity contribution in [3.05, 3.63) is 41.7 Å². The Bertz CT molecular complexity index is 388. The number of aliphatic hydroxyl groups is 1. The van der Waals surface area contributed by atoms with E-state index >= 15 is 0 Å². The molecule has 0 spiro atoms. The van der Waals surface area contributed by atoms with E-state index in [1.54, 1.807) is 19.1 Å². The van der Waals surface area contributed by atoms with E-state index in [4.69, 9.17) is 0 Å². The Balaban J connectivity index is 3.12. The molecule has 0 aliphatic rings. The van der Waals surface area contributed by atoms with Crippen molar-refractivity contribution in [2.45, 2.75) is 20.0 Å². The van der Waals surface area contributed by atoms with Crippen LogP contribution in [0, 0.1) is 5.82 Å². The molecule has 0 heterocycles. The number of rotatable bonds is 4. The third-order valence-corrected chi connectivity index (χ3v) is 2.37. The van der Waals surface area contributed by atoms with E-state index in [-0.39, 0.29) is 5.82 Å². The molecule has 1 aromatic rings. The second-order valence-electron chi connectivity index (χ2n) is 4.16. The van der Waals surface area contributed by atoms with E-state index in [0.717, 1.165) is 5.57 Å². The van der Waals surface area contributed by atoms with E-state index in [1.165, 1.54) is 6.07 Å². The van der Waals surface area contributed by atoms with Crippen LogP contribution >= 0.6 is 0 Å². The third kappa shape index (κ3) is 2.83. The van der Waals surface area contributed by atoms with Gasteiger partial charge in [-0.3, -0.25) is 0 Å². The quantitative estimate of drug-likeness (QED) is 0.793. The zero-order chi connectivity index (χ0) is 12.3. The summed E-state index contributed by atoms with van der Waals surface area (Å²) >= 11 is 0. The number of halogens is 1. The molecule has 3 heteroatoms. The van der Waals surface area contributed by atoms with Gasteiger partial charge in [0.2, 0.25) is 0 Å². The van der Waals surface area contributed by atoms with E-state index in [1.807, 2.05) is 18.9 Å². The van der Waals surface area contributed by atoms with Crippen molar-refractivity contribution in [1.82, 2.24) is 0 Å². The van der Waals surface area contributed by atoms with Gasteiger partial charge in [0.1, 0.15) is 5.82 Å². The molecule has 0 saturated carbocycles. The highest BCUT2D eigenvalue weighted by Crippen LogP contribution is 2.28. The molecule has 0 saturated heterocycles. The summed E-state index contributed by atoms with van der Waals surface area (Å²) in [6.07, 6.45) is -0.816. The van der Waals surface area contributed by atoms with Crippen LogP contribution in [-0.4, -0.2) is 18.7 Å². The van der Waals surface area contributed by atoms with Crippen molar-refractivity contribution in [3.63, 3.8) is 0 Å². The molecule has 1 rings (SSSR count). The Kier molecular flexibility index (Phi) is 4.07. The van der Waals surface area contributed by atoms with Gasteiger partial charge < -0.3 is 10.0 Å². The van der Waals surface area contributed by atoms with Crippen molar-refractivity contribution in [3.8, 4) is 0 Å². The highest BCUT2D eigenvalue weighted by molar-refractivity contribution is 5.55. The number of likely N-dealkylation sites (N-methyl/N-ethyl adjacent to an activating group) is 1. The molecule has 0 radical (unpaired) electrons. The average molecular weight is 223 g/mol. The highest BCUT2D eigenvalue weighted by atomic mass is 19.1. The van der Waals surface area contributed by atoms with Crippen molar-refractivity contribution in [2.75, 3.05) is 18.5 Å². The fraction of sp³-hybridized carbons (Fsp3) is 0.385. The van der Waals surface area contributed by atoms with Crippen LogP contribution in [0.5, 0.6) is 0 Å². The molecular formula is C13H18FNO. The average Bonchev–Trinajstić information content (AvgIpc) is 2.15. The summed E-state index contributed by atoms with van der Waals surface area (Å²) in [7, 11) is 1.86. The molecule has 1 atom stereocenters. The predicted octanol–water partition coefficient (Wildman–Crippen LogP) is 2.89. The number of nitrogens with zero attached hydrogens (tertiary/aromatic N) is 1. The summed E-state index contributed by atoms with van der Waals surface area (Å²) in [5, 5.41) is 9.58. The fourth-order valence-corrected chi connectivity index (χ4v) is 1.76. The highest BCUT2D eigenvalue weighted by Gasteiger charge is 2.15. The number of hydrogen-bond donors (Lipinski definition) is 1. The normalized spacial score (nSPS) is 12.3. The minimum Gasteiger partial charge on any atom is -0.389 e. The van der Waals surface area contributed by atoms with Gasteiger partial charge in [-0.05, 0) is 26.0 Å². The standard InChI is InChI=1S/C13H18FNO/c1-9(2)8-15(4)12-7-5-6-11(14)13(12)10(3)16/h5-7,10,16H,1,8H2,2-4H3/t10-/m1/s1. The van der Waals surface area contributed by atoms with Gasteiger partial charge in [0.15, 0.2) is 0 Å². The Morgan fingerprint density at radius 2 is 2.19 bits per heavy atom. The number of hydrogen-bond acceptors (Lipinski definition) is 2. The summed E-state index contributed by atoms with van der Waals surface area (Å²) < 4.78 is 13.6. The van der Waals surface area contributed by atoms with Gasteiger partial charge in [0, 0.05) is 24.8 Å². The van der Waals surface area contributed by atoms with Crippen molar-refractivity contribution < 1.29 is 9.50 Å². The van der Waals surface area contributed by atoms with Crippen LogP contribution < -0.4 is 4.90 Å². The molecular weight excluding hydrogens is 205 g/mol. The molecule has 0 unspecified atom stereocenters. The summed E-state index contributed by atoms with van der Waals surface area (Å²) in [6, 6.07) is 4.81. The largest absolute Gasteiger partial charge is 0.389 e. The molecule has 88 valence electrons. The molecule has 16 heavy (non-hydrogen) atoms. The topological polar surface area (TPSA) is 23.5 Å². The van der Waals surface area contributed by atoms with Crippen LogP contribution in [0.4, 0.5) is 10.1 Å². The smallest absolute Gasteiger partial charge is 0.131 e. The summed E-state index contributed by atoms with van der Waals surface area (Å²) in [4.78, 5) is 1.88. The maximum atomic E-state index is 13.6. The lowest BCUT2D eigenvalue weighted by Gasteiger charge is -2.24. The van der Waals surface area contributed by atoms with Crippen LogP contribution in [0.15, 0.2) is 30.4 Å². The van der Waals surface area contributed by atoms with Crippen molar-refractivity contribution in [1.29, 1.82) is 0 Å². The van der Waals surface area contributed by atoms with E-state index in [9.17, 15) is 9.50 Å². The first-order valence-electron chi connectivity index (χ1n) is 5.25. The van der Waals surface area contributed by atoms with Gasteiger partial charge in [0.25, 0.3) is 0 Å². The number of aliphatic hydroxyl groups excluding tert-OH is 1. The van der Waals surface area contributed by atoms with Gasteiger partial charge in [-0.25, -0.2) is 4.39 Å². The molecule has 0 fully saturated rings. The second kappa shape index (κ2) is 5.12. The summed E-state index contributed by atoms with van der Waals surface area (Å²) in [5.74, 6) is -0.374. The first-order valence-corrected chi connectivity index (χ1v) is 5.25. The van der Waals surface area contributed by atoms with E-state index in [2.05, 4.69) is 6.58 Å². The predicted molar refractivity (Wildman–Crippen MR) is 65.1 cm³/mol. The maximum absolute atomic E-state index is 13.6. The lowest BCUT2D eigenvalue weighted by molar-refractivity contribution is 0.194. The van der Waals surface area contributed by atoms with E-state index < -0.39 is 6.10 Å². The second-order valence-corrected chi connectivity index (χ2v) is 4.16. The molecule has 0 aromatic heterocycles. The SMILES string of the molecule is C=C(C)CN(C)c1cccc(F)c1[C@@H](C)O. The first kappa shape index (κ1) is 12.7. The van der Waals surface area contributed by atoms with Crippen molar-refractivity contribution in [2.24, 2.45) is 0 Å². The Morgan fingerprint density at radius 3 is 2.69 bits per heavy atom. The van der Waals surface area contributed by atoms with E-state index in [0.29, 0.717) is 17.8 Å². The fourth-order valence-electron chi connectivity index (χ4n) is 1.76. The Labute approximate surface area is 96.0 Å². The lowest BCUT2D eigenvalue weighted by atomic mass is 10.1. The third-order valence-electron chi connectivity index (χ3n) is 2.37. The monoisotopic (exact) mass is 223 g/mol. The molecule has 1 N–H and O–H groups in total. The van der Waals surface area contributed by atoms with Crippen molar-refractivity contribution >= 4 is 5.69 Å². The van der Waals surface area contributed by atoms with Crippen LogP contribution in [0.1, 0.15) is 25.5 Å². The van der Waals surface area contributed by atoms with Gasteiger partial charge in [-0.1, -0.05) is 18.2 Å². The zero-order valence-corrected chi connectivity index (χ0v) is 10.00. The lowest BCUT2D eigenvalue weighted by Crippen LogP contribution is -2.21. The molecule has 1 aromatic carbocycles. The van der Waals surface area contributed by atoms with Gasteiger partial charge >= 0.3 is 0 Å². The molecule has 0 bridgehead atoms. The molecule has 0 aliphatic carbocycles. The minimum atomic E-state index is -0.816. The number of benzene rings is 1. The van der Waals surface area contributed by atoms with Gasteiger partial charge in [-0.15, -0.1) is 0 Å². The molecule has 0 amide bonds. The Morgan fingerprint density at radius 1 is 1.56 bits per heavy atom. The molecule has 2 nitrogen and oxygen atoms in total. The maximum Gasteiger partial charge on any atom is 0.131 e. The van der Waals surface area contributed by atoms with Gasteiger partial charge in [0.05, 0.1) is 6.10 Å². The van der Waals surface area contributed by atoms with Crippen LogP contribution in [0.2, 0.25) is 0 Å². The van der Waals surface area contributed by atoms with Crippen LogP contribution in [0.25, 0.3) is 0 Å². The summed E-state index contributed by atoms with van der Waals surface area (Å²) in [5.41, 5.74) is 2.03. The van der Waals surface area contributed by atoms with Crippen LogP contribution in [0.3, 0.4) is 0 Å². The van der Waals surface area contributed by atoms with Crippen LogP contribution in [-0.2, 0) is 0 Å². The summed E-state index contributed by atoms with van der Waals surface area (Å²) in [6.45, 7) is 7.94. The number of anilines is 1. The first-order chi connectivity index (χ1) is 7.43. The molecule has 0 aliphatic heterocycles. The minimum absolute atomic E-state index is 0.339. The Hall–Kier alpha value is -1.35. The zero-order valence-electron chi connectivity index (χ0n) is 10.00.